The summed E-state index contributed by atoms with van der Waals surface area (Å²) >= 11 is 0. The zero-order chi connectivity index (χ0) is 13.3. The zero-order valence-corrected chi connectivity index (χ0v) is 10.4. The number of rotatable bonds is 3. The van der Waals surface area contributed by atoms with Crippen molar-refractivity contribution in [2.75, 3.05) is 13.6 Å². The molecule has 1 fully saturated rings. The van der Waals surface area contributed by atoms with Crippen LogP contribution in [0.2, 0.25) is 0 Å². The highest BCUT2D eigenvalue weighted by Gasteiger charge is 2.31. The van der Waals surface area contributed by atoms with Crippen molar-refractivity contribution < 1.29 is 19.0 Å². The van der Waals surface area contributed by atoms with Gasteiger partial charge in [0, 0.05) is 20.0 Å². The number of carbonyl (C=O) groups is 1. The van der Waals surface area contributed by atoms with E-state index in [4.69, 9.17) is 4.74 Å². The third-order valence-electron chi connectivity index (χ3n) is 3.09. The smallest absolute Gasteiger partial charge is 0.263 e. The van der Waals surface area contributed by atoms with Gasteiger partial charge in [0.25, 0.3) is 5.91 Å². The zero-order valence-electron chi connectivity index (χ0n) is 10.4. The maximum Gasteiger partial charge on any atom is 0.263 e. The number of benzene rings is 1. The normalized spacial score (nSPS) is 21.2. The molecule has 1 heterocycles. The molecule has 2 atom stereocenters. The highest BCUT2D eigenvalue weighted by atomic mass is 19.1. The van der Waals surface area contributed by atoms with Gasteiger partial charge in [0.2, 0.25) is 0 Å². The number of carbonyl (C=O) groups excluding carboxylic acids is 1. The predicted octanol–water partition coefficient (Wildman–Crippen LogP) is 1.49. The second-order valence-electron chi connectivity index (χ2n) is 4.52. The van der Waals surface area contributed by atoms with E-state index in [1.165, 1.54) is 12.1 Å². The Morgan fingerprint density at radius 3 is 2.78 bits per heavy atom. The summed E-state index contributed by atoms with van der Waals surface area (Å²) in [7, 11) is 1.69. The fourth-order valence-corrected chi connectivity index (χ4v) is 1.93. The molecule has 1 aromatic rings. The van der Waals surface area contributed by atoms with Gasteiger partial charge in [-0.1, -0.05) is 6.07 Å². The molecule has 2 unspecified atom stereocenters. The highest BCUT2D eigenvalue weighted by molar-refractivity contribution is 5.83. The Morgan fingerprint density at radius 2 is 2.28 bits per heavy atom. The quantitative estimate of drug-likeness (QED) is 0.887. The monoisotopic (exact) mass is 253 g/mol. The predicted molar refractivity (Wildman–Crippen MR) is 63.7 cm³/mol. The molecule has 1 amide bonds. The molecule has 98 valence electrons. The molecule has 5 heteroatoms. The van der Waals surface area contributed by atoms with Crippen molar-refractivity contribution in [3.05, 3.63) is 29.6 Å². The van der Waals surface area contributed by atoms with E-state index in [9.17, 15) is 14.3 Å². The van der Waals surface area contributed by atoms with E-state index in [1.54, 1.807) is 24.9 Å². The number of hydrogen-bond donors (Lipinski definition) is 1. The first-order valence-electron chi connectivity index (χ1n) is 5.88. The van der Waals surface area contributed by atoms with E-state index in [-0.39, 0.29) is 11.7 Å². The van der Waals surface area contributed by atoms with Gasteiger partial charge in [-0.15, -0.1) is 0 Å². The van der Waals surface area contributed by atoms with Crippen LogP contribution in [0, 0.1) is 5.82 Å². The van der Waals surface area contributed by atoms with Gasteiger partial charge in [0.05, 0.1) is 6.10 Å². The molecule has 2 rings (SSSR count). The molecule has 18 heavy (non-hydrogen) atoms. The Labute approximate surface area is 105 Å². The molecule has 0 bridgehead atoms. The largest absolute Gasteiger partial charge is 0.477 e. The van der Waals surface area contributed by atoms with Crippen molar-refractivity contribution in [1.29, 1.82) is 0 Å². The molecule has 1 aliphatic heterocycles. The van der Waals surface area contributed by atoms with Gasteiger partial charge in [-0.2, -0.15) is 0 Å². The Hall–Kier alpha value is -1.62. The van der Waals surface area contributed by atoms with Crippen LogP contribution in [0.15, 0.2) is 18.2 Å². The number of hydrogen-bond acceptors (Lipinski definition) is 3. The van der Waals surface area contributed by atoms with Crippen molar-refractivity contribution in [2.45, 2.75) is 25.6 Å². The molecule has 0 spiro atoms. The molecule has 1 N–H and O–H groups in total. The van der Waals surface area contributed by atoms with Crippen LogP contribution < -0.4 is 4.74 Å². The highest BCUT2D eigenvalue weighted by Crippen LogP contribution is 2.25. The minimum atomic E-state index is -0.729. The van der Waals surface area contributed by atoms with Crippen LogP contribution in [0.4, 0.5) is 4.39 Å². The SMILES string of the molecule is CC(O)c1ccc(OC2CCN(C)C2=O)c(F)c1. The van der Waals surface area contributed by atoms with E-state index in [0.29, 0.717) is 18.5 Å². The number of nitrogens with zero attached hydrogens (tertiary/aromatic N) is 1. The van der Waals surface area contributed by atoms with Crippen LogP contribution in [-0.2, 0) is 4.79 Å². The Morgan fingerprint density at radius 1 is 1.56 bits per heavy atom. The van der Waals surface area contributed by atoms with Crippen molar-refractivity contribution in [3.8, 4) is 5.75 Å². The molecule has 0 aromatic heterocycles. The maximum atomic E-state index is 13.7. The lowest BCUT2D eigenvalue weighted by Crippen LogP contribution is -2.29. The summed E-state index contributed by atoms with van der Waals surface area (Å²) in [5, 5.41) is 9.33. The van der Waals surface area contributed by atoms with Gasteiger partial charge in [0.1, 0.15) is 0 Å². The lowest BCUT2D eigenvalue weighted by molar-refractivity contribution is -0.132. The number of amides is 1. The Balaban J connectivity index is 2.13. The number of likely N-dealkylation sites (N-methyl/N-ethyl adjacent to an activating group) is 1. The lowest BCUT2D eigenvalue weighted by atomic mass is 10.1. The second kappa shape index (κ2) is 4.94. The topological polar surface area (TPSA) is 49.8 Å². The Bertz CT molecular complexity index is 462. The average Bonchev–Trinajstić information content (AvgIpc) is 2.63. The van der Waals surface area contributed by atoms with Crippen molar-refractivity contribution in [2.24, 2.45) is 0 Å². The third-order valence-corrected chi connectivity index (χ3v) is 3.09. The van der Waals surface area contributed by atoms with E-state index >= 15 is 0 Å². The van der Waals surface area contributed by atoms with Crippen molar-refractivity contribution in [3.63, 3.8) is 0 Å². The average molecular weight is 253 g/mol. The van der Waals surface area contributed by atoms with E-state index in [1.807, 2.05) is 0 Å². The summed E-state index contributed by atoms with van der Waals surface area (Å²) in [6.07, 6.45) is -0.776. The van der Waals surface area contributed by atoms with Crippen LogP contribution in [-0.4, -0.2) is 35.6 Å². The molecule has 0 saturated carbocycles. The van der Waals surface area contributed by atoms with E-state index < -0.39 is 18.0 Å². The first-order chi connectivity index (χ1) is 8.49. The van der Waals surface area contributed by atoms with E-state index in [0.717, 1.165) is 0 Å². The summed E-state index contributed by atoms with van der Waals surface area (Å²) < 4.78 is 19.1. The van der Waals surface area contributed by atoms with Gasteiger partial charge in [-0.25, -0.2) is 4.39 Å². The van der Waals surface area contributed by atoms with Gasteiger partial charge in [-0.05, 0) is 24.6 Å². The molecular weight excluding hydrogens is 237 g/mol. The van der Waals surface area contributed by atoms with Gasteiger partial charge < -0.3 is 14.7 Å². The first kappa shape index (κ1) is 12.8. The van der Waals surface area contributed by atoms with E-state index in [2.05, 4.69) is 0 Å². The first-order valence-corrected chi connectivity index (χ1v) is 5.88. The minimum Gasteiger partial charge on any atom is -0.477 e. The molecule has 1 aliphatic rings. The minimum absolute atomic E-state index is 0.0491. The van der Waals surface area contributed by atoms with Gasteiger partial charge in [0.15, 0.2) is 17.7 Å². The molecular formula is C13H16FNO3. The summed E-state index contributed by atoms with van der Waals surface area (Å²) in [4.78, 5) is 13.2. The van der Waals surface area contributed by atoms with Crippen LogP contribution in [0.5, 0.6) is 5.75 Å². The van der Waals surface area contributed by atoms with Gasteiger partial charge in [-0.3, -0.25) is 4.79 Å². The van der Waals surface area contributed by atoms with Crippen LogP contribution in [0.25, 0.3) is 0 Å². The number of halogens is 1. The van der Waals surface area contributed by atoms with Gasteiger partial charge >= 0.3 is 0 Å². The molecule has 1 saturated heterocycles. The van der Waals surface area contributed by atoms with Crippen molar-refractivity contribution in [1.82, 2.24) is 4.90 Å². The summed E-state index contributed by atoms with van der Waals surface area (Å²) in [6, 6.07) is 4.26. The van der Waals surface area contributed by atoms with Crippen LogP contribution >= 0.6 is 0 Å². The fourth-order valence-electron chi connectivity index (χ4n) is 1.93. The van der Waals surface area contributed by atoms with Crippen LogP contribution in [0.3, 0.4) is 0 Å². The summed E-state index contributed by atoms with van der Waals surface area (Å²) in [6.45, 7) is 2.18. The fraction of sp³-hybridized carbons (Fsp3) is 0.462. The standard InChI is InChI=1S/C13H16FNO3/c1-8(16)9-3-4-11(10(14)7-9)18-12-5-6-15(2)13(12)17/h3-4,7-8,12,16H,5-6H2,1-2H3. The molecule has 0 radical (unpaired) electrons. The number of aliphatic hydroxyl groups is 1. The number of ether oxygens (including phenoxy) is 1. The number of aliphatic hydroxyl groups excluding tert-OH is 1. The van der Waals surface area contributed by atoms with Crippen molar-refractivity contribution >= 4 is 5.91 Å². The van der Waals surface area contributed by atoms with Crippen LogP contribution in [0.1, 0.15) is 25.0 Å². The maximum absolute atomic E-state index is 13.7. The summed E-state index contributed by atoms with van der Waals surface area (Å²) in [5.74, 6) is -0.641. The number of likely N-dealkylation sites (tertiary alicyclic amines) is 1. The lowest BCUT2D eigenvalue weighted by Gasteiger charge is -2.14. The molecule has 4 nitrogen and oxygen atoms in total. The third kappa shape index (κ3) is 2.46. The molecule has 1 aromatic carbocycles. The second-order valence-corrected chi connectivity index (χ2v) is 4.52. The molecule has 0 aliphatic carbocycles. The summed E-state index contributed by atoms with van der Waals surface area (Å²) in [5.41, 5.74) is 0.481. The Kier molecular flexibility index (Phi) is 3.52.